The van der Waals surface area contributed by atoms with Gasteiger partial charge >= 0.3 is 6.18 Å². The number of carbonyl (C=O) groups excluding carboxylic acids is 1. The molecule has 3 rings (SSSR count). The van der Waals surface area contributed by atoms with Crippen LogP contribution in [0.15, 0.2) is 24.3 Å². The van der Waals surface area contributed by atoms with E-state index in [1.807, 2.05) is 0 Å². The second kappa shape index (κ2) is 5.22. The molecule has 1 saturated carbocycles. The van der Waals surface area contributed by atoms with Gasteiger partial charge in [-0.15, -0.1) is 0 Å². The van der Waals surface area contributed by atoms with E-state index in [-0.39, 0.29) is 19.4 Å². The molecule has 0 bridgehead atoms. The number of halogens is 4. The molecule has 2 fully saturated rings. The molecule has 0 spiro atoms. The second-order valence-corrected chi connectivity index (χ2v) is 5.75. The average molecular weight is 317 g/mol. The van der Waals surface area contributed by atoms with E-state index < -0.39 is 29.4 Å². The Morgan fingerprint density at radius 1 is 1.23 bits per heavy atom. The minimum atomic E-state index is -4.58. The number of nitrogens with zero attached hydrogens (tertiary/aromatic N) is 1. The van der Waals surface area contributed by atoms with Gasteiger partial charge in [-0.2, -0.15) is 13.2 Å². The van der Waals surface area contributed by atoms with E-state index in [0.29, 0.717) is 18.4 Å². The Kier molecular flexibility index (Phi) is 3.63. The maximum Gasteiger partial charge on any atom is 0.403 e. The Balaban J connectivity index is 1.87. The first-order valence-electron chi connectivity index (χ1n) is 7.14. The van der Waals surface area contributed by atoms with Crippen molar-refractivity contribution in [2.45, 2.75) is 37.9 Å². The van der Waals surface area contributed by atoms with Crippen LogP contribution in [0.4, 0.5) is 17.6 Å². The number of carbonyl (C=O) groups is 1. The summed E-state index contributed by atoms with van der Waals surface area (Å²) in [4.78, 5) is 17.6. The fraction of sp³-hybridized carbons (Fsp3) is 0.533. The van der Waals surface area contributed by atoms with Crippen molar-refractivity contribution in [1.29, 1.82) is 0 Å². The van der Waals surface area contributed by atoms with Gasteiger partial charge < -0.3 is 0 Å². The topological polar surface area (TPSA) is 29.5 Å². The summed E-state index contributed by atoms with van der Waals surface area (Å²) in [6.07, 6.45) is -4.22. The van der Waals surface area contributed by atoms with Crippen LogP contribution in [0.1, 0.15) is 37.3 Å². The number of hydrogen-bond acceptors (Lipinski definition) is 2. The highest BCUT2D eigenvalue weighted by Gasteiger charge is 2.65. The first-order chi connectivity index (χ1) is 10.3. The van der Waals surface area contributed by atoms with Crippen LogP contribution in [0.5, 0.6) is 0 Å². The lowest BCUT2D eigenvalue weighted by molar-refractivity contribution is -0.264. The van der Waals surface area contributed by atoms with Gasteiger partial charge in [-0.25, -0.2) is 9.45 Å². The van der Waals surface area contributed by atoms with Gasteiger partial charge in [-0.1, -0.05) is 18.6 Å². The van der Waals surface area contributed by atoms with E-state index in [0.717, 1.165) is 5.06 Å². The van der Waals surface area contributed by atoms with Gasteiger partial charge in [0.2, 0.25) is 0 Å². The van der Waals surface area contributed by atoms with Crippen molar-refractivity contribution >= 4 is 5.91 Å². The summed E-state index contributed by atoms with van der Waals surface area (Å²) in [5, 5.41) is 0.847. The van der Waals surface area contributed by atoms with Gasteiger partial charge in [-0.3, -0.25) is 9.63 Å². The van der Waals surface area contributed by atoms with Crippen LogP contribution in [0.2, 0.25) is 0 Å². The van der Waals surface area contributed by atoms with Gasteiger partial charge in [0.1, 0.15) is 11.2 Å². The molecule has 1 atom stereocenters. The molecule has 1 aliphatic carbocycles. The molecular weight excluding hydrogens is 302 g/mol. The lowest BCUT2D eigenvalue weighted by Gasteiger charge is -2.43. The van der Waals surface area contributed by atoms with Gasteiger partial charge in [-0.05, 0) is 30.5 Å². The number of rotatable bonds is 2. The highest BCUT2D eigenvalue weighted by molar-refractivity contribution is 5.84. The molecule has 7 heteroatoms. The van der Waals surface area contributed by atoms with Gasteiger partial charge in [0, 0.05) is 6.42 Å². The van der Waals surface area contributed by atoms with Crippen molar-refractivity contribution < 1.29 is 27.2 Å². The first-order valence-corrected chi connectivity index (χ1v) is 7.14. The molecular formula is C15H15F4NO2. The van der Waals surface area contributed by atoms with E-state index in [9.17, 15) is 22.4 Å². The van der Waals surface area contributed by atoms with Gasteiger partial charge in [0.15, 0.2) is 0 Å². The smallest absolute Gasteiger partial charge is 0.272 e. The SMILES string of the molecule is O=C(N1OCC[C@H]1c1ccc(F)cc1)C1(C(F)(F)F)CCC1. The zero-order chi connectivity index (χ0) is 16.0. The van der Waals surface area contributed by atoms with Crippen LogP contribution < -0.4 is 0 Å². The molecule has 0 unspecified atom stereocenters. The highest BCUT2D eigenvalue weighted by Crippen LogP contribution is 2.55. The average Bonchev–Trinajstić information content (AvgIpc) is 2.85. The van der Waals surface area contributed by atoms with E-state index in [4.69, 9.17) is 4.84 Å². The third kappa shape index (κ3) is 2.27. The standard InChI is InChI=1S/C15H15F4NO2/c16-11-4-2-10(3-5-11)12-6-9-22-20(12)13(21)14(7-1-8-14)15(17,18)19/h2-5,12H,1,6-9H2/t12-/m0/s1. The van der Waals surface area contributed by atoms with E-state index >= 15 is 0 Å². The minimum absolute atomic E-state index is 0.168. The van der Waals surface area contributed by atoms with Crippen molar-refractivity contribution in [3.8, 4) is 0 Å². The molecule has 0 aromatic heterocycles. The third-order valence-electron chi connectivity index (χ3n) is 4.52. The quantitative estimate of drug-likeness (QED) is 0.777. The van der Waals surface area contributed by atoms with Crippen molar-refractivity contribution in [1.82, 2.24) is 5.06 Å². The fourth-order valence-corrected chi connectivity index (χ4v) is 3.02. The summed E-state index contributed by atoms with van der Waals surface area (Å²) in [5.41, 5.74) is -1.75. The summed E-state index contributed by atoms with van der Waals surface area (Å²) in [5.74, 6) is -1.47. The van der Waals surface area contributed by atoms with Gasteiger partial charge in [0.25, 0.3) is 5.91 Å². The lowest BCUT2D eigenvalue weighted by atomic mass is 9.67. The molecule has 1 amide bonds. The fourth-order valence-electron chi connectivity index (χ4n) is 3.02. The van der Waals surface area contributed by atoms with Gasteiger partial charge in [0.05, 0.1) is 12.6 Å². The monoisotopic (exact) mass is 317 g/mol. The zero-order valence-electron chi connectivity index (χ0n) is 11.7. The van der Waals surface area contributed by atoms with Crippen molar-refractivity contribution in [3.05, 3.63) is 35.6 Å². The van der Waals surface area contributed by atoms with Crippen LogP contribution in [0.25, 0.3) is 0 Å². The molecule has 120 valence electrons. The van der Waals surface area contributed by atoms with Crippen molar-refractivity contribution in [2.75, 3.05) is 6.61 Å². The van der Waals surface area contributed by atoms with E-state index in [1.165, 1.54) is 24.3 Å². The number of hydrogen-bond donors (Lipinski definition) is 0. The maximum atomic E-state index is 13.3. The number of hydroxylamine groups is 2. The molecule has 1 aromatic carbocycles. The maximum absolute atomic E-state index is 13.3. The van der Waals surface area contributed by atoms with Crippen LogP contribution >= 0.6 is 0 Å². The summed E-state index contributed by atoms with van der Waals surface area (Å²) in [7, 11) is 0. The Morgan fingerprint density at radius 3 is 2.36 bits per heavy atom. The molecule has 3 nitrogen and oxygen atoms in total. The summed E-state index contributed by atoms with van der Waals surface area (Å²) in [6, 6.07) is 4.78. The number of amides is 1. The van der Waals surface area contributed by atoms with Crippen LogP contribution in [-0.2, 0) is 9.63 Å². The van der Waals surface area contributed by atoms with Crippen LogP contribution in [0.3, 0.4) is 0 Å². The van der Waals surface area contributed by atoms with Crippen molar-refractivity contribution in [3.63, 3.8) is 0 Å². The molecule has 0 radical (unpaired) electrons. The van der Waals surface area contributed by atoms with Crippen LogP contribution in [-0.4, -0.2) is 23.8 Å². The van der Waals surface area contributed by atoms with Crippen molar-refractivity contribution in [2.24, 2.45) is 5.41 Å². The Morgan fingerprint density at radius 2 is 1.86 bits per heavy atom. The summed E-state index contributed by atoms with van der Waals surface area (Å²) in [6.45, 7) is 0.168. The summed E-state index contributed by atoms with van der Waals surface area (Å²) < 4.78 is 52.8. The normalized spacial score (nSPS) is 24.2. The molecule has 0 N–H and O–H groups in total. The number of alkyl halides is 3. The lowest BCUT2D eigenvalue weighted by Crippen LogP contribution is -2.55. The second-order valence-electron chi connectivity index (χ2n) is 5.75. The Hall–Kier alpha value is -1.63. The Bertz CT molecular complexity index is 566. The molecule has 22 heavy (non-hydrogen) atoms. The van der Waals surface area contributed by atoms with Crippen LogP contribution in [0, 0.1) is 11.2 Å². The molecule has 1 heterocycles. The summed E-state index contributed by atoms with van der Waals surface area (Å²) >= 11 is 0. The minimum Gasteiger partial charge on any atom is -0.272 e. The molecule has 1 aliphatic heterocycles. The third-order valence-corrected chi connectivity index (χ3v) is 4.52. The zero-order valence-corrected chi connectivity index (χ0v) is 11.7. The van der Waals surface area contributed by atoms with E-state index in [1.54, 1.807) is 0 Å². The first kappa shape index (κ1) is 15.3. The predicted octanol–water partition coefficient (Wildman–Crippen LogP) is 3.76. The number of benzene rings is 1. The predicted molar refractivity (Wildman–Crippen MR) is 68.9 cm³/mol. The molecule has 1 aromatic rings. The molecule has 2 aliphatic rings. The Labute approximate surface area is 124 Å². The largest absolute Gasteiger partial charge is 0.403 e. The van der Waals surface area contributed by atoms with E-state index in [2.05, 4.69) is 0 Å². The highest BCUT2D eigenvalue weighted by atomic mass is 19.4. The molecule has 1 saturated heterocycles.